The highest BCUT2D eigenvalue weighted by Crippen LogP contribution is 2.42. The number of methoxy groups -OCH3 is 1. The van der Waals surface area contributed by atoms with E-state index in [0.717, 1.165) is 118 Å². The zero-order chi connectivity index (χ0) is 34.8. The summed E-state index contributed by atoms with van der Waals surface area (Å²) in [5, 5.41) is 0. The summed E-state index contributed by atoms with van der Waals surface area (Å²) < 4.78 is 11.2. The van der Waals surface area contributed by atoms with Gasteiger partial charge in [0.2, 0.25) is 5.91 Å². The number of pyridine rings is 2. The van der Waals surface area contributed by atoms with E-state index < -0.39 is 0 Å². The van der Waals surface area contributed by atoms with Crippen LogP contribution in [-0.4, -0.2) is 65.3 Å². The number of rotatable bonds is 13. The van der Waals surface area contributed by atoms with Crippen molar-refractivity contribution in [1.82, 2.24) is 19.9 Å². The number of Topliss-reactive ketones (excluding diaryl/α,β-unsaturated/α-hetero) is 1. The number of anilines is 1. The van der Waals surface area contributed by atoms with Crippen LogP contribution in [0, 0.1) is 30.6 Å². The van der Waals surface area contributed by atoms with Gasteiger partial charge >= 0.3 is 0 Å². The second-order valence-electron chi connectivity index (χ2n) is 15.9. The van der Waals surface area contributed by atoms with Crippen LogP contribution in [0.25, 0.3) is 11.3 Å². The van der Waals surface area contributed by atoms with E-state index in [4.69, 9.17) is 24.1 Å². The molecule has 0 aromatic carbocycles. The molecule has 3 aromatic rings. The third kappa shape index (κ3) is 7.98. The van der Waals surface area contributed by atoms with Gasteiger partial charge < -0.3 is 14.1 Å². The Bertz CT molecular complexity index is 1630. The molecule has 7 rings (SSSR count). The van der Waals surface area contributed by atoms with Crippen LogP contribution in [0.4, 0.5) is 5.82 Å². The lowest BCUT2D eigenvalue weighted by Crippen LogP contribution is -2.43. The average Bonchev–Trinajstić information content (AvgIpc) is 3.84. The maximum Gasteiger partial charge on any atom is 0.231 e. The Balaban J connectivity index is 1.00. The smallest absolute Gasteiger partial charge is 0.231 e. The molecule has 9 heteroatoms. The molecule has 0 saturated heterocycles. The van der Waals surface area contributed by atoms with Gasteiger partial charge in [0.05, 0.1) is 12.8 Å². The number of hydrogen-bond donors (Lipinski definition) is 0. The number of carbonyl (C=O) groups excluding carboxylic acids is 2. The summed E-state index contributed by atoms with van der Waals surface area (Å²) in [7, 11) is 5.90. The molecular formula is C41H55N5O4. The Labute approximate surface area is 297 Å². The fourth-order valence-electron chi connectivity index (χ4n) is 8.61. The zero-order valence-electron chi connectivity index (χ0n) is 30.5. The van der Waals surface area contributed by atoms with Gasteiger partial charge in [-0.25, -0.2) is 9.97 Å². The number of oxazole rings is 1. The summed E-state index contributed by atoms with van der Waals surface area (Å²) >= 11 is 0. The second kappa shape index (κ2) is 15.3. The molecule has 0 radical (unpaired) electrons. The van der Waals surface area contributed by atoms with Crippen LogP contribution < -0.4 is 9.64 Å². The SMILES string of the molecule is COc1ccc(C2CCC(CN(C(=O)C3CCC(CCC(=O)C4CC(N(C)C)C4)CC3)c3cc(-c4coc(C5CC5)n4)ccn3)CC2)nc1C. The molecule has 0 N–H and O–H groups in total. The van der Waals surface area contributed by atoms with Gasteiger partial charge in [0.1, 0.15) is 29.3 Å². The van der Waals surface area contributed by atoms with Crippen LogP contribution in [0.3, 0.4) is 0 Å². The molecule has 4 fully saturated rings. The highest BCUT2D eigenvalue weighted by atomic mass is 16.5. The van der Waals surface area contributed by atoms with Crippen LogP contribution in [0.1, 0.15) is 119 Å². The molecule has 0 aliphatic heterocycles. The molecule has 9 nitrogen and oxygen atoms in total. The molecule has 4 aliphatic rings. The Morgan fingerprint density at radius 1 is 0.880 bits per heavy atom. The van der Waals surface area contributed by atoms with Crippen molar-refractivity contribution in [2.75, 3.05) is 32.6 Å². The van der Waals surface area contributed by atoms with E-state index >= 15 is 0 Å². The van der Waals surface area contributed by atoms with Crippen molar-refractivity contribution < 1.29 is 18.7 Å². The molecule has 268 valence electrons. The van der Waals surface area contributed by atoms with Crippen molar-refractivity contribution in [3.63, 3.8) is 0 Å². The first-order valence-electron chi connectivity index (χ1n) is 19.2. The standard InChI is InChI=1S/C41H55N5O4/c1-26-38(49-4)18-16-35(43-26)29-10-7-28(8-11-29)24-46(39-23-32(19-20-42-39)36-25-50-40(44-36)30-14-15-30)41(48)31-12-5-27(6-13-31)9-17-37(47)33-21-34(22-33)45(2)3/h16,18-20,23,25,27-31,33-34H,5-15,17,21-22,24H2,1-4H3. The molecule has 1 amide bonds. The number of aryl methyl sites for hydroxylation is 1. The Morgan fingerprint density at radius 2 is 1.60 bits per heavy atom. The van der Waals surface area contributed by atoms with Crippen molar-refractivity contribution >= 4 is 17.5 Å². The predicted octanol–water partition coefficient (Wildman–Crippen LogP) is 8.13. The van der Waals surface area contributed by atoms with Gasteiger partial charge in [0.25, 0.3) is 0 Å². The minimum Gasteiger partial charge on any atom is -0.495 e. The third-order valence-electron chi connectivity index (χ3n) is 12.3. The largest absolute Gasteiger partial charge is 0.495 e. The van der Waals surface area contributed by atoms with Crippen molar-refractivity contribution in [2.24, 2.45) is 23.7 Å². The number of hydrogen-bond acceptors (Lipinski definition) is 8. The van der Waals surface area contributed by atoms with Gasteiger partial charge in [0.15, 0.2) is 5.89 Å². The molecular weight excluding hydrogens is 626 g/mol. The van der Waals surface area contributed by atoms with Crippen molar-refractivity contribution in [3.05, 3.63) is 54.0 Å². The first-order valence-corrected chi connectivity index (χ1v) is 19.2. The van der Waals surface area contributed by atoms with Crippen LogP contribution in [0.2, 0.25) is 0 Å². The summed E-state index contributed by atoms with van der Waals surface area (Å²) in [5.41, 5.74) is 3.82. The number of ether oxygens (including phenoxy) is 1. The summed E-state index contributed by atoms with van der Waals surface area (Å²) in [4.78, 5) is 46.0. The topological polar surface area (TPSA) is 102 Å². The molecule has 0 unspecified atom stereocenters. The van der Waals surface area contributed by atoms with Crippen molar-refractivity contribution in [3.8, 4) is 17.0 Å². The number of nitrogens with zero attached hydrogens (tertiary/aromatic N) is 5. The average molecular weight is 682 g/mol. The van der Waals surface area contributed by atoms with Crippen LogP contribution in [0.15, 0.2) is 41.1 Å². The molecule has 0 spiro atoms. The summed E-state index contributed by atoms with van der Waals surface area (Å²) in [6.07, 6.45) is 17.5. The lowest BCUT2D eigenvalue weighted by molar-refractivity contribution is -0.128. The van der Waals surface area contributed by atoms with E-state index in [1.807, 2.05) is 36.2 Å². The van der Waals surface area contributed by atoms with Crippen molar-refractivity contribution in [1.29, 1.82) is 0 Å². The fourth-order valence-corrected chi connectivity index (χ4v) is 8.61. The number of aromatic nitrogens is 3. The first-order chi connectivity index (χ1) is 24.2. The molecule has 0 atom stereocenters. The van der Waals surface area contributed by atoms with Crippen LogP contribution in [0.5, 0.6) is 5.75 Å². The van der Waals surface area contributed by atoms with Crippen LogP contribution in [-0.2, 0) is 9.59 Å². The molecule has 3 heterocycles. The number of amides is 1. The van der Waals surface area contributed by atoms with E-state index in [1.165, 1.54) is 0 Å². The Morgan fingerprint density at radius 3 is 2.28 bits per heavy atom. The van der Waals surface area contributed by atoms with Crippen molar-refractivity contribution in [2.45, 2.75) is 115 Å². The van der Waals surface area contributed by atoms with Gasteiger partial charge in [-0.15, -0.1) is 0 Å². The monoisotopic (exact) mass is 681 g/mol. The first kappa shape index (κ1) is 34.8. The minimum atomic E-state index is -0.0174. The zero-order valence-corrected chi connectivity index (χ0v) is 30.5. The number of carbonyl (C=O) groups is 2. The molecule has 50 heavy (non-hydrogen) atoms. The quantitative estimate of drug-likeness (QED) is 0.178. The molecule has 0 bridgehead atoms. The predicted molar refractivity (Wildman–Crippen MR) is 194 cm³/mol. The fraction of sp³-hybridized carbons (Fsp3) is 0.634. The van der Waals surface area contributed by atoms with Gasteiger partial charge in [-0.05, 0) is 141 Å². The van der Waals surface area contributed by atoms with Gasteiger partial charge in [-0.3, -0.25) is 19.5 Å². The van der Waals surface area contributed by atoms with E-state index in [9.17, 15) is 9.59 Å². The van der Waals surface area contributed by atoms with E-state index in [1.54, 1.807) is 13.4 Å². The lowest BCUT2D eigenvalue weighted by atomic mass is 9.74. The van der Waals surface area contributed by atoms with Gasteiger partial charge in [0, 0.05) is 60.1 Å². The van der Waals surface area contributed by atoms with Crippen LogP contribution >= 0.6 is 0 Å². The van der Waals surface area contributed by atoms with E-state index in [0.29, 0.717) is 54.3 Å². The highest BCUT2D eigenvalue weighted by molar-refractivity contribution is 5.94. The molecule has 4 aliphatic carbocycles. The summed E-state index contributed by atoms with van der Waals surface area (Å²) in [5.74, 6) is 5.02. The second-order valence-corrected chi connectivity index (χ2v) is 15.9. The minimum absolute atomic E-state index is 0.0174. The van der Waals surface area contributed by atoms with Gasteiger partial charge in [-0.1, -0.05) is 0 Å². The van der Waals surface area contributed by atoms with E-state index in [-0.39, 0.29) is 17.7 Å². The van der Waals surface area contributed by atoms with Gasteiger partial charge in [-0.2, -0.15) is 0 Å². The highest BCUT2D eigenvalue weighted by Gasteiger charge is 2.37. The third-order valence-corrected chi connectivity index (χ3v) is 12.3. The van der Waals surface area contributed by atoms with E-state index in [2.05, 4.69) is 25.1 Å². The molecule has 4 saturated carbocycles. The maximum atomic E-state index is 14.5. The Kier molecular flexibility index (Phi) is 10.7. The molecule has 3 aromatic heterocycles. The summed E-state index contributed by atoms with van der Waals surface area (Å²) in [6, 6.07) is 8.70. The Hall–Kier alpha value is -3.59. The maximum absolute atomic E-state index is 14.5. The normalized spacial score (nSPS) is 26.7. The lowest BCUT2D eigenvalue weighted by Gasteiger charge is -2.39. The summed E-state index contributed by atoms with van der Waals surface area (Å²) in [6.45, 7) is 2.68. The number of ketones is 1.